The van der Waals surface area contributed by atoms with Crippen molar-refractivity contribution in [3.05, 3.63) is 76.2 Å². The van der Waals surface area contributed by atoms with Crippen LogP contribution in [-0.4, -0.2) is 32.4 Å². The Morgan fingerprint density at radius 1 is 1.21 bits per heavy atom. The summed E-state index contributed by atoms with van der Waals surface area (Å²) >= 11 is 0. The Hall–Kier alpha value is -4.22. The Morgan fingerprint density at radius 3 is 2.56 bits per heavy atom. The first kappa shape index (κ1) is 24.4. The third-order valence-electron chi connectivity index (χ3n) is 4.97. The van der Waals surface area contributed by atoms with Crippen LogP contribution in [0, 0.1) is 12.3 Å². The zero-order chi connectivity index (χ0) is 25.0. The van der Waals surface area contributed by atoms with Gasteiger partial charge in [-0.2, -0.15) is 18.3 Å². The summed E-state index contributed by atoms with van der Waals surface area (Å²) in [5.74, 6) is -1.40. The fraction of sp³-hybridized carbons (Fsp3) is 0.227. The number of rotatable bonds is 7. The predicted octanol–water partition coefficient (Wildman–Crippen LogP) is 2.50. The Balaban J connectivity index is 1.71. The van der Waals surface area contributed by atoms with Gasteiger partial charge in [-0.05, 0) is 30.2 Å². The highest BCUT2D eigenvalue weighted by Crippen LogP contribution is 2.29. The maximum Gasteiger partial charge on any atom is 0.417 e. The molecule has 0 saturated carbocycles. The highest BCUT2D eigenvalue weighted by Gasteiger charge is 2.30. The van der Waals surface area contributed by atoms with Crippen molar-refractivity contribution in [3.63, 3.8) is 0 Å². The number of aromatic nitrogens is 3. The quantitative estimate of drug-likeness (QED) is 0.357. The van der Waals surface area contributed by atoms with Crippen molar-refractivity contribution in [2.75, 3.05) is 0 Å². The van der Waals surface area contributed by atoms with E-state index in [2.05, 4.69) is 15.4 Å². The lowest BCUT2D eigenvalue weighted by Crippen LogP contribution is -2.31. The molecule has 2 amide bonds. The van der Waals surface area contributed by atoms with E-state index in [4.69, 9.17) is 15.9 Å². The van der Waals surface area contributed by atoms with Crippen LogP contribution in [0.1, 0.15) is 38.3 Å². The van der Waals surface area contributed by atoms with Crippen molar-refractivity contribution >= 4 is 17.6 Å². The highest BCUT2D eigenvalue weighted by molar-refractivity contribution is 6.11. The van der Waals surface area contributed by atoms with Crippen molar-refractivity contribution in [1.29, 1.82) is 5.41 Å². The summed E-state index contributed by atoms with van der Waals surface area (Å²) in [6.45, 7) is 1.61. The van der Waals surface area contributed by atoms with Gasteiger partial charge in [0.05, 0.1) is 29.4 Å². The molecule has 0 saturated heterocycles. The van der Waals surface area contributed by atoms with E-state index in [0.29, 0.717) is 23.0 Å². The lowest BCUT2D eigenvalue weighted by atomic mass is 10.0. The van der Waals surface area contributed by atoms with Crippen LogP contribution < -0.4 is 15.8 Å². The third-order valence-corrected chi connectivity index (χ3v) is 4.97. The minimum atomic E-state index is -4.51. The van der Waals surface area contributed by atoms with Crippen molar-refractivity contribution in [1.82, 2.24) is 20.1 Å². The van der Waals surface area contributed by atoms with Crippen molar-refractivity contribution in [3.8, 4) is 5.88 Å². The normalized spacial score (nSPS) is 11.2. The van der Waals surface area contributed by atoms with Gasteiger partial charge in [0.2, 0.25) is 11.8 Å². The van der Waals surface area contributed by atoms with Crippen LogP contribution >= 0.6 is 0 Å². The molecule has 0 unspecified atom stereocenters. The molecule has 0 radical (unpaired) electrons. The van der Waals surface area contributed by atoms with Gasteiger partial charge in [-0.15, -0.1) is 0 Å². The fourth-order valence-electron chi connectivity index (χ4n) is 3.06. The first-order chi connectivity index (χ1) is 16.0. The van der Waals surface area contributed by atoms with Crippen LogP contribution in [0.25, 0.3) is 0 Å². The van der Waals surface area contributed by atoms with Gasteiger partial charge >= 0.3 is 6.18 Å². The number of nitrogens with one attached hydrogen (secondary N) is 2. The zero-order valence-corrected chi connectivity index (χ0v) is 18.2. The molecule has 3 aromatic rings. The molecule has 2 aromatic heterocycles. The van der Waals surface area contributed by atoms with Crippen LogP contribution in [0.4, 0.5) is 13.2 Å². The number of amidine groups is 1. The molecular weight excluding hydrogens is 453 g/mol. The summed E-state index contributed by atoms with van der Waals surface area (Å²) in [5, 5.41) is 14.7. The molecule has 0 atom stereocenters. The predicted molar refractivity (Wildman–Crippen MR) is 115 cm³/mol. The second-order valence-corrected chi connectivity index (χ2v) is 7.41. The molecule has 0 bridgehead atoms. The van der Waals surface area contributed by atoms with Gasteiger partial charge in [0.25, 0.3) is 5.91 Å². The zero-order valence-electron chi connectivity index (χ0n) is 18.2. The summed E-state index contributed by atoms with van der Waals surface area (Å²) in [7, 11) is 1.57. The van der Waals surface area contributed by atoms with E-state index in [9.17, 15) is 22.8 Å². The number of ether oxygens (including phenoxy) is 1. The smallest absolute Gasteiger partial charge is 0.417 e. The summed E-state index contributed by atoms with van der Waals surface area (Å²) in [6, 6.07) is 6.87. The van der Waals surface area contributed by atoms with Crippen LogP contribution in [0.5, 0.6) is 5.88 Å². The van der Waals surface area contributed by atoms with E-state index in [0.717, 1.165) is 17.7 Å². The van der Waals surface area contributed by atoms with Gasteiger partial charge in [0.15, 0.2) is 0 Å². The molecule has 0 aliphatic heterocycles. The van der Waals surface area contributed by atoms with Gasteiger partial charge < -0.3 is 15.8 Å². The molecule has 34 heavy (non-hydrogen) atoms. The van der Waals surface area contributed by atoms with E-state index < -0.39 is 23.6 Å². The topological polar surface area (TPSA) is 136 Å². The van der Waals surface area contributed by atoms with Gasteiger partial charge in [-0.3, -0.25) is 19.7 Å². The molecule has 3 rings (SSSR count). The molecule has 0 fully saturated rings. The minimum absolute atomic E-state index is 0.00295. The second kappa shape index (κ2) is 9.73. The number of hydrogen-bond donors (Lipinski definition) is 3. The molecular formula is C22H21F3N6O3. The molecule has 1 aromatic carbocycles. The minimum Gasteiger partial charge on any atom is -0.471 e. The van der Waals surface area contributed by atoms with Crippen molar-refractivity contribution in [2.24, 2.45) is 12.8 Å². The third kappa shape index (κ3) is 5.77. The van der Waals surface area contributed by atoms with E-state index in [1.165, 1.54) is 10.9 Å². The van der Waals surface area contributed by atoms with E-state index in [-0.39, 0.29) is 30.3 Å². The number of primary amides is 1. The highest BCUT2D eigenvalue weighted by atomic mass is 19.4. The van der Waals surface area contributed by atoms with E-state index in [1.807, 2.05) is 0 Å². The summed E-state index contributed by atoms with van der Waals surface area (Å²) in [4.78, 5) is 27.7. The van der Waals surface area contributed by atoms with Crippen LogP contribution in [0.3, 0.4) is 0 Å². The average molecular weight is 474 g/mol. The van der Waals surface area contributed by atoms with Gasteiger partial charge in [0.1, 0.15) is 12.4 Å². The van der Waals surface area contributed by atoms with E-state index in [1.54, 1.807) is 32.2 Å². The maximum atomic E-state index is 12.8. The fourth-order valence-corrected chi connectivity index (χ4v) is 3.06. The average Bonchev–Trinajstić information content (AvgIpc) is 3.13. The Morgan fingerprint density at radius 2 is 1.94 bits per heavy atom. The number of nitrogens with two attached hydrogens (primary N) is 1. The largest absolute Gasteiger partial charge is 0.471 e. The Labute approximate surface area is 192 Å². The number of pyridine rings is 1. The molecule has 12 heteroatoms. The first-order valence-corrected chi connectivity index (χ1v) is 9.90. The summed E-state index contributed by atoms with van der Waals surface area (Å²) in [5.41, 5.74) is 6.63. The molecule has 178 valence electrons. The number of carbonyl (C=O) groups is 2. The second-order valence-electron chi connectivity index (χ2n) is 7.41. The number of amides is 2. The van der Waals surface area contributed by atoms with Crippen molar-refractivity contribution < 1.29 is 27.5 Å². The summed E-state index contributed by atoms with van der Waals surface area (Å²) in [6.07, 6.45) is -2.57. The lowest BCUT2D eigenvalue weighted by molar-refractivity contribution is -0.137. The number of hydrogen-bond acceptors (Lipinski definition) is 6. The molecule has 2 heterocycles. The lowest BCUT2D eigenvalue weighted by Gasteiger charge is -2.12. The standard InChI is InChI=1S/C22H21F3N6O3/c1-12-3-4-13(7-14(12)8-18(26)32)20(27)30-21(33)16-10-29-31(2)17(16)11-34-19-6-5-15(9-28-19)22(23,24)25/h3-7,9-10H,8,11H2,1-2H3,(H2,26,32)(H2,27,30,33). The SMILES string of the molecule is Cc1ccc(C(=N)NC(=O)c2cnn(C)c2COc2ccc(C(F)(F)F)cn2)cc1CC(N)=O. The number of halogens is 3. The first-order valence-electron chi connectivity index (χ1n) is 9.90. The van der Waals surface area contributed by atoms with Gasteiger partial charge in [-0.1, -0.05) is 12.1 Å². The van der Waals surface area contributed by atoms with E-state index >= 15 is 0 Å². The Bertz CT molecular complexity index is 1240. The number of alkyl halides is 3. The van der Waals surface area contributed by atoms with Gasteiger partial charge in [0, 0.05) is 24.9 Å². The van der Waals surface area contributed by atoms with Crippen LogP contribution in [0.15, 0.2) is 42.7 Å². The number of benzene rings is 1. The van der Waals surface area contributed by atoms with Crippen molar-refractivity contribution in [2.45, 2.75) is 26.1 Å². The molecule has 9 nitrogen and oxygen atoms in total. The molecule has 0 aliphatic rings. The maximum absolute atomic E-state index is 12.8. The Kier molecular flexibility index (Phi) is 6.99. The number of aryl methyl sites for hydroxylation is 2. The molecule has 0 aliphatic carbocycles. The molecule has 4 N–H and O–H groups in total. The molecule has 0 spiro atoms. The monoisotopic (exact) mass is 474 g/mol. The van der Waals surface area contributed by atoms with Gasteiger partial charge in [-0.25, -0.2) is 4.98 Å². The number of nitrogens with zero attached hydrogens (tertiary/aromatic N) is 3. The summed E-state index contributed by atoms with van der Waals surface area (Å²) < 4.78 is 44.8. The van der Waals surface area contributed by atoms with Crippen LogP contribution in [0.2, 0.25) is 0 Å². The number of carbonyl (C=O) groups excluding carboxylic acids is 2. The van der Waals surface area contributed by atoms with Crippen LogP contribution in [-0.2, 0) is 31.0 Å².